The molecule has 0 amide bonds. The Hall–Kier alpha value is -2.30. The number of anilines is 1. The first kappa shape index (κ1) is 16.6. The van der Waals surface area contributed by atoms with E-state index in [1.807, 2.05) is 0 Å². The van der Waals surface area contributed by atoms with Gasteiger partial charge in [0.2, 0.25) is 5.95 Å². The average molecular weight is 327 g/mol. The molecule has 1 aromatic carbocycles. The van der Waals surface area contributed by atoms with Gasteiger partial charge in [-0.1, -0.05) is 19.9 Å². The number of carbonyl (C=O) groups excluding carboxylic acids is 1. The first-order valence-corrected chi connectivity index (χ1v) is 8.37. The van der Waals surface area contributed by atoms with Crippen LogP contribution in [0.15, 0.2) is 24.4 Å². The fourth-order valence-corrected chi connectivity index (χ4v) is 2.66. The number of nitrogens with zero attached hydrogens (tertiary/aromatic N) is 2. The number of hydrogen-bond donors (Lipinski definition) is 1. The highest BCUT2D eigenvalue weighted by molar-refractivity contribution is 5.95. The molecule has 1 heterocycles. The molecule has 0 radical (unpaired) electrons. The van der Waals surface area contributed by atoms with Crippen LogP contribution in [-0.2, 0) is 0 Å². The van der Waals surface area contributed by atoms with Gasteiger partial charge in [0.1, 0.15) is 5.82 Å². The predicted octanol–water partition coefficient (Wildman–Crippen LogP) is 4.43. The average Bonchev–Trinajstić information content (AvgIpc) is 3.37. The topological polar surface area (TPSA) is 54.9 Å². The van der Waals surface area contributed by atoms with Crippen molar-refractivity contribution in [3.8, 4) is 11.1 Å². The van der Waals surface area contributed by atoms with Gasteiger partial charge in [-0.2, -0.15) is 0 Å². The van der Waals surface area contributed by atoms with Crippen LogP contribution in [0, 0.1) is 11.7 Å². The maximum Gasteiger partial charge on any atom is 0.222 e. The number of ketones is 1. The third-order valence-electron chi connectivity index (χ3n) is 4.27. The zero-order chi connectivity index (χ0) is 17.3. The number of benzene rings is 1. The van der Waals surface area contributed by atoms with Crippen molar-refractivity contribution in [2.24, 2.45) is 5.92 Å². The van der Waals surface area contributed by atoms with E-state index in [4.69, 9.17) is 0 Å². The van der Waals surface area contributed by atoms with Gasteiger partial charge in [0.05, 0.1) is 11.3 Å². The summed E-state index contributed by atoms with van der Waals surface area (Å²) in [6.45, 7) is 6.40. The van der Waals surface area contributed by atoms with Gasteiger partial charge >= 0.3 is 0 Å². The van der Waals surface area contributed by atoms with Crippen LogP contribution in [-0.4, -0.2) is 22.3 Å². The lowest BCUT2D eigenvalue weighted by molar-refractivity contribution is 0.101. The number of Topliss-reactive ketones (excluding diaryl/α,β-unsaturated/α-hetero) is 1. The van der Waals surface area contributed by atoms with Crippen molar-refractivity contribution < 1.29 is 9.18 Å². The molecule has 0 bridgehead atoms. The fraction of sp³-hybridized carbons (Fsp3) is 0.421. The van der Waals surface area contributed by atoms with Crippen molar-refractivity contribution in [1.82, 2.24) is 9.97 Å². The Labute approximate surface area is 141 Å². The fourth-order valence-electron chi connectivity index (χ4n) is 2.66. The summed E-state index contributed by atoms with van der Waals surface area (Å²) in [5.74, 6) is 0.773. The Balaban J connectivity index is 1.96. The van der Waals surface area contributed by atoms with Gasteiger partial charge in [-0.05, 0) is 49.3 Å². The molecule has 0 saturated heterocycles. The zero-order valence-electron chi connectivity index (χ0n) is 14.3. The van der Waals surface area contributed by atoms with E-state index in [9.17, 15) is 9.18 Å². The molecule has 0 aliphatic heterocycles. The summed E-state index contributed by atoms with van der Waals surface area (Å²) >= 11 is 0. The van der Waals surface area contributed by atoms with Crippen molar-refractivity contribution in [3.05, 3.63) is 41.5 Å². The van der Waals surface area contributed by atoms with E-state index in [-0.39, 0.29) is 17.3 Å². The molecule has 0 unspecified atom stereocenters. The molecule has 24 heavy (non-hydrogen) atoms. The second kappa shape index (κ2) is 6.67. The number of aromatic nitrogens is 2. The van der Waals surface area contributed by atoms with Crippen LogP contribution in [0.1, 0.15) is 55.6 Å². The van der Waals surface area contributed by atoms with Gasteiger partial charge in [-0.3, -0.25) is 4.79 Å². The molecule has 2 aromatic rings. The lowest BCUT2D eigenvalue weighted by Crippen LogP contribution is -2.09. The molecule has 1 fully saturated rings. The summed E-state index contributed by atoms with van der Waals surface area (Å²) in [4.78, 5) is 20.6. The molecule has 1 aromatic heterocycles. The highest BCUT2D eigenvalue weighted by Crippen LogP contribution is 2.31. The smallest absolute Gasteiger partial charge is 0.222 e. The molecule has 1 saturated carbocycles. The van der Waals surface area contributed by atoms with Gasteiger partial charge in [-0.15, -0.1) is 0 Å². The first-order chi connectivity index (χ1) is 11.5. The van der Waals surface area contributed by atoms with E-state index >= 15 is 0 Å². The SMILES string of the molecule is CC(=O)c1cc(-c2cnc(NCC3CC3)nc2C(C)C)ccc1F. The van der Waals surface area contributed by atoms with Crippen LogP contribution < -0.4 is 5.32 Å². The lowest BCUT2D eigenvalue weighted by Gasteiger charge is -2.14. The summed E-state index contributed by atoms with van der Waals surface area (Å²) in [5, 5.41) is 3.28. The second-order valence-electron chi connectivity index (χ2n) is 6.72. The largest absolute Gasteiger partial charge is 0.354 e. The molecule has 1 aliphatic carbocycles. The molecule has 0 atom stereocenters. The normalized spacial score (nSPS) is 14.0. The Bertz CT molecular complexity index is 769. The standard InChI is InChI=1S/C19H22FN3O/c1-11(2)18-16(10-22-19(23-18)21-9-13-4-5-13)14-6-7-17(20)15(8-14)12(3)24/h6-8,10-11,13H,4-5,9H2,1-3H3,(H,21,22,23). The molecule has 1 aliphatic rings. The Morgan fingerprint density at radius 2 is 2.12 bits per heavy atom. The molecule has 4 nitrogen and oxygen atoms in total. The number of carbonyl (C=O) groups is 1. The van der Waals surface area contributed by atoms with E-state index in [0.717, 1.165) is 29.3 Å². The minimum absolute atomic E-state index is 0.0955. The van der Waals surface area contributed by atoms with Crippen LogP contribution in [0.3, 0.4) is 0 Å². The molecule has 126 valence electrons. The highest BCUT2D eigenvalue weighted by Gasteiger charge is 2.21. The minimum atomic E-state index is -0.499. The summed E-state index contributed by atoms with van der Waals surface area (Å²) < 4.78 is 13.8. The third kappa shape index (κ3) is 3.61. The van der Waals surface area contributed by atoms with Gasteiger partial charge in [0.25, 0.3) is 0 Å². The Morgan fingerprint density at radius 1 is 1.38 bits per heavy atom. The molecular weight excluding hydrogens is 305 g/mol. The van der Waals surface area contributed by atoms with Crippen molar-refractivity contribution in [2.75, 3.05) is 11.9 Å². The number of rotatable bonds is 6. The van der Waals surface area contributed by atoms with Crippen molar-refractivity contribution in [2.45, 2.75) is 39.5 Å². The molecular formula is C19H22FN3O. The summed E-state index contributed by atoms with van der Waals surface area (Å²) in [7, 11) is 0. The van der Waals surface area contributed by atoms with Crippen LogP contribution >= 0.6 is 0 Å². The highest BCUT2D eigenvalue weighted by atomic mass is 19.1. The van der Waals surface area contributed by atoms with Crippen LogP contribution in [0.5, 0.6) is 0 Å². The molecule has 0 spiro atoms. The van der Waals surface area contributed by atoms with Crippen LogP contribution in [0.4, 0.5) is 10.3 Å². The quantitative estimate of drug-likeness (QED) is 0.797. The van der Waals surface area contributed by atoms with E-state index in [1.165, 1.54) is 25.8 Å². The number of nitrogens with one attached hydrogen (secondary N) is 1. The first-order valence-electron chi connectivity index (χ1n) is 8.37. The van der Waals surface area contributed by atoms with E-state index in [1.54, 1.807) is 18.3 Å². The third-order valence-corrected chi connectivity index (χ3v) is 4.27. The Morgan fingerprint density at radius 3 is 2.75 bits per heavy atom. The van der Waals surface area contributed by atoms with Crippen molar-refractivity contribution in [3.63, 3.8) is 0 Å². The maximum absolute atomic E-state index is 13.8. The summed E-state index contributed by atoms with van der Waals surface area (Å²) in [6.07, 6.45) is 4.30. The monoisotopic (exact) mass is 327 g/mol. The van der Waals surface area contributed by atoms with Crippen LogP contribution in [0.25, 0.3) is 11.1 Å². The lowest BCUT2D eigenvalue weighted by atomic mass is 9.97. The predicted molar refractivity (Wildman–Crippen MR) is 92.7 cm³/mol. The van der Waals surface area contributed by atoms with Gasteiger partial charge in [0, 0.05) is 18.3 Å². The second-order valence-corrected chi connectivity index (χ2v) is 6.72. The minimum Gasteiger partial charge on any atom is -0.354 e. The Kier molecular flexibility index (Phi) is 4.60. The molecule has 3 rings (SSSR count). The van der Waals surface area contributed by atoms with E-state index in [0.29, 0.717) is 5.95 Å². The van der Waals surface area contributed by atoms with Gasteiger partial charge < -0.3 is 5.32 Å². The number of hydrogen-bond acceptors (Lipinski definition) is 4. The molecule has 1 N–H and O–H groups in total. The van der Waals surface area contributed by atoms with E-state index < -0.39 is 5.82 Å². The van der Waals surface area contributed by atoms with Crippen molar-refractivity contribution >= 4 is 11.7 Å². The molecule has 5 heteroatoms. The number of halogens is 1. The van der Waals surface area contributed by atoms with Crippen LogP contribution in [0.2, 0.25) is 0 Å². The summed E-state index contributed by atoms with van der Waals surface area (Å²) in [5.41, 5.74) is 2.59. The van der Waals surface area contributed by atoms with E-state index in [2.05, 4.69) is 29.1 Å². The maximum atomic E-state index is 13.8. The van der Waals surface area contributed by atoms with Gasteiger partial charge in [-0.25, -0.2) is 14.4 Å². The zero-order valence-corrected chi connectivity index (χ0v) is 14.3. The van der Waals surface area contributed by atoms with Crippen molar-refractivity contribution in [1.29, 1.82) is 0 Å². The van der Waals surface area contributed by atoms with Gasteiger partial charge in [0.15, 0.2) is 5.78 Å². The summed E-state index contributed by atoms with van der Waals surface area (Å²) in [6, 6.07) is 4.58.